The number of carbonyl (C=O) groups excluding carboxylic acids is 2. The van der Waals surface area contributed by atoms with Crippen LogP contribution in [0.1, 0.15) is 43.2 Å². The van der Waals surface area contributed by atoms with Crippen LogP contribution in [0.25, 0.3) is 20.8 Å². The lowest BCUT2D eigenvalue weighted by molar-refractivity contribution is -0.133. The molecule has 1 amide bonds. The molecule has 3 fully saturated rings. The van der Waals surface area contributed by atoms with Gasteiger partial charge in [0.05, 0.1) is 20.8 Å². The molecule has 3 aromatic heterocycles. The minimum absolute atomic E-state index is 0.113. The summed E-state index contributed by atoms with van der Waals surface area (Å²) in [5, 5.41) is 9.21. The normalized spacial score (nSPS) is 20.2. The molecule has 0 bridgehead atoms. The van der Waals surface area contributed by atoms with Gasteiger partial charge in [-0.1, -0.05) is 12.1 Å². The number of thiophene rings is 1. The fourth-order valence-electron chi connectivity index (χ4n) is 6.59. The van der Waals surface area contributed by atoms with Gasteiger partial charge >= 0.3 is 0 Å². The van der Waals surface area contributed by atoms with Crippen molar-refractivity contribution in [1.82, 2.24) is 19.8 Å². The number of aromatic nitrogens is 2. The molecular weight excluding hydrogens is 579 g/mol. The molecule has 2 saturated heterocycles. The van der Waals surface area contributed by atoms with Crippen molar-refractivity contribution in [1.29, 1.82) is 0 Å². The van der Waals surface area contributed by atoms with Crippen LogP contribution in [0.15, 0.2) is 54.9 Å². The van der Waals surface area contributed by atoms with Crippen LogP contribution in [0, 0.1) is 17.2 Å². The average molecular weight is 615 g/mol. The van der Waals surface area contributed by atoms with Crippen LogP contribution >= 0.6 is 11.3 Å². The molecule has 7 rings (SSSR count). The van der Waals surface area contributed by atoms with Crippen molar-refractivity contribution >= 4 is 33.2 Å². The molecule has 2 aliphatic heterocycles. The zero-order valence-electron chi connectivity index (χ0n) is 24.5. The lowest BCUT2D eigenvalue weighted by Crippen LogP contribution is -2.35. The molecule has 0 radical (unpaired) electrons. The monoisotopic (exact) mass is 614 g/mol. The van der Waals surface area contributed by atoms with Crippen LogP contribution in [-0.4, -0.2) is 69.4 Å². The smallest absolute Gasteiger partial charge is 0.248 e. The van der Waals surface area contributed by atoms with Gasteiger partial charge in [0.15, 0.2) is 11.6 Å². The Labute approximate surface area is 259 Å². The molecule has 8 nitrogen and oxygen atoms in total. The largest absolute Gasteiger partial charge is 0.453 e. The van der Waals surface area contributed by atoms with Gasteiger partial charge in [-0.2, -0.15) is 0 Å². The predicted molar refractivity (Wildman–Crippen MR) is 166 cm³/mol. The fourth-order valence-corrected chi connectivity index (χ4v) is 7.63. The van der Waals surface area contributed by atoms with Crippen molar-refractivity contribution in [2.45, 2.75) is 45.1 Å². The van der Waals surface area contributed by atoms with E-state index in [9.17, 15) is 19.1 Å². The zero-order chi connectivity index (χ0) is 30.3. The number of aliphatic hydroxyl groups excluding tert-OH is 1. The van der Waals surface area contributed by atoms with Crippen LogP contribution < -0.4 is 4.74 Å². The molecule has 10 heteroatoms. The lowest BCUT2D eigenvalue weighted by Gasteiger charge is -2.24. The van der Waals surface area contributed by atoms with E-state index in [0.29, 0.717) is 23.7 Å². The molecule has 1 aromatic carbocycles. The average Bonchev–Trinajstić information content (AvgIpc) is 3.38. The number of benzene rings is 1. The summed E-state index contributed by atoms with van der Waals surface area (Å²) in [6.07, 6.45) is 8.68. The number of amides is 1. The maximum atomic E-state index is 15.0. The number of pyridine rings is 2. The second-order valence-electron chi connectivity index (χ2n) is 12.6. The first-order valence-corrected chi connectivity index (χ1v) is 16.1. The highest BCUT2D eigenvalue weighted by atomic mass is 32.1. The summed E-state index contributed by atoms with van der Waals surface area (Å²) < 4.78 is 21.8. The SMILES string of the molecule is O=C(Cc1ccc(Oc2ccnc3cc(-c4ccc(CN5CCC6(CCN(C(=O)CO)C6)C5)cn4)sc23)c(F)c1)CC1CC1. The Morgan fingerprint density at radius 3 is 2.64 bits per heavy atom. The number of ketones is 1. The number of aliphatic hydroxyl groups is 1. The van der Waals surface area contributed by atoms with Gasteiger partial charge in [-0.3, -0.25) is 24.5 Å². The number of fused-ring (bicyclic) bond motifs is 1. The minimum atomic E-state index is -0.492. The third kappa shape index (κ3) is 6.24. The van der Waals surface area contributed by atoms with E-state index in [-0.39, 0.29) is 29.3 Å². The van der Waals surface area contributed by atoms with Crippen LogP contribution in [-0.2, 0) is 22.6 Å². The van der Waals surface area contributed by atoms with Crippen LogP contribution in [0.2, 0.25) is 0 Å². The Hall–Kier alpha value is -3.73. The number of likely N-dealkylation sites (tertiary alicyclic amines) is 2. The molecule has 5 heterocycles. The molecular formula is C34H35FN4O4S. The van der Waals surface area contributed by atoms with E-state index in [1.165, 1.54) is 17.4 Å². The number of hydrogen-bond donors (Lipinski definition) is 1. The number of Topliss-reactive ketones (excluding diaryl/α,β-unsaturated/α-hetero) is 1. The van der Waals surface area contributed by atoms with Gasteiger partial charge in [-0.05, 0) is 73.5 Å². The zero-order valence-corrected chi connectivity index (χ0v) is 25.3. The maximum Gasteiger partial charge on any atom is 0.248 e. The van der Waals surface area contributed by atoms with E-state index in [0.717, 1.165) is 84.8 Å². The first kappa shape index (κ1) is 29.0. The summed E-state index contributed by atoms with van der Waals surface area (Å²) in [6, 6.07) is 12.6. The third-order valence-electron chi connectivity index (χ3n) is 9.13. The number of ether oxygens (including phenoxy) is 1. The van der Waals surface area contributed by atoms with Crippen molar-refractivity contribution in [3.63, 3.8) is 0 Å². The summed E-state index contributed by atoms with van der Waals surface area (Å²) in [7, 11) is 0. The highest BCUT2D eigenvalue weighted by molar-refractivity contribution is 7.22. The van der Waals surface area contributed by atoms with Gasteiger partial charge in [-0.15, -0.1) is 11.3 Å². The Morgan fingerprint density at radius 1 is 1.02 bits per heavy atom. The second-order valence-corrected chi connectivity index (χ2v) is 13.7. The van der Waals surface area contributed by atoms with Gasteiger partial charge in [0, 0.05) is 62.9 Å². The number of rotatable bonds is 10. The summed E-state index contributed by atoms with van der Waals surface area (Å²) in [4.78, 5) is 38.6. The van der Waals surface area contributed by atoms with E-state index >= 15 is 0 Å². The Bertz CT molecular complexity index is 1710. The summed E-state index contributed by atoms with van der Waals surface area (Å²) in [5.41, 5.74) is 3.51. The predicted octanol–water partition coefficient (Wildman–Crippen LogP) is 5.62. The van der Waals surface area contributed by atoms with E-state index in [4.69, 9.17) is 9.72 Å². The topological polar surface area (TPSA) is 95.9 Å². The Morgan fingerprint density at radius 2 is 1.86 bits per heavy atom. The highest BCUT2D eigenvalue weighted by Gasteiger charge is 2.44. The summed E-state index contributed by atoms with van der Waals surface area (Å²) >= 11 is 1.50. The van der Waals surface area contributed by atoms with E-state index in [2.05, 4.69) is 16.0 Å². The van der Waals surface area contributed by atoms with Crippen LogP contribution in [0.4, 0.5) is 4.39 Å². The molecule has 1 atom stereocenters. The second kappa shape index (κ2) is 12.0. The lowest BCUT2D eigenvalue weighted by atomic mass is 9.86. The van der Waals surface area contributed by atoms with E-state index in [1.807, 2.05) is 18.3 Å². The maximum absolute atomic E-state index is 15.0. The van der Waals surface area contributed by atoms with Gasteiger partial charge in [0.2, 0.25) is 5.91 Å². The number of hydrogen-bond acceptors (Lipinski definition) is 8. The molecule has 1 saturated carbocycles. The van der Waals surface area contributed by atoms with Gasteiger partial charge in [0.1, 0.15) is 18.1 Å². The first-order valence-electron chi connectivity index (χ1n) is 15.3. The summed E-state index contributed by atoms with van der Waals surface area (Å²) in [6.45, 7) is 3.76. The quantitative estimate of drug-likeness (QED) is 0.248. The summed E-state index contributed by atoms with van der Waals surface area (Å²) in [5.74, 6) is 0.643. The first-order chi connectivity index (χ1) is 21.4. The number of nitrogens with zero attached hydrogens (tertiary/aromatic N) is 4. The number of halogens is 1. The molecule has 1 N–H and O–H groups in total. The van der Waals surface area contributed by atoms with Gasteiger partial charge in [-0.25, -0.2) is 4.39 Å². The molecule has 1 spiro atoms. The van der Waals surface area contributed by atoms with Crippen LogP contribution in [0.5, 0.6) is 11.5 Å². The molecule has 1 aliphatic carbocycles. The fraction of sp³-hybridized carbons (Fsp3) is 0.412. The minimum Gasteiger partial charge on any atom is -0.453 e. The third-order valence-corrected chi connectivity index (χ3v) is 10.3. The Balaban J connectivity index is 1.00. The van der Waals surface area contributed by atoms with Crippen molar-refractivity contribution < 1.29 is 23.8 Å². The Kier molecular flexibility index (Phi) is 7.90. The van der Waals surface area contributed by atoms with E-state index in [1.54, 1.807) is 29.3 Å². The number of carbonyl (C=O) groups is 2. The molecule has 1 unspecified atom stereocenters. The van der Waals surface area contributed by atoms with Crippen molar-refractivity contribution in [2.24, 2.45) is 11.3 Å². The van der Waals surface area contributed by atoms with Crippen molar-refractivity contribution in [3.8, 4) is 22.1 Å². The molecule has 3 aliphatic rings. The highest BCUT2D eigenvalue weighted by Crippen LogP contribution is 2.41. The van der Waals surface area contributed by atoms with Crippen molar-refractivity contribution in [2.75, 3.05) is 32.8 Å². The standard InChI is InChI=1S/C34H35FN4O4S/c35-26-15-23(14-25(41)13-22-1-2-22)4-6-29(26)43-30-7-10-36-28-16-31(44-33(28)30)27-5-3-24(17-37-27)18-38-11-8-34(20-38)9-12-39(21-34)32(42)19-40/h3-7,10,15-17,22,40H,1-2,8-9,11-14,18-21H2. The van der Waals surface area contributed by atoms with Crippen molar-refractivity contribution in [3.05, 3.63) is 71.8 Å². The van der Waals surface area contributed by atoms with Gasteiger partial charge < -0.3 is 14.7 Å². The van der Waals surface area contributed by atoms with Crippen LogP contribution in [0.3, 0.4) is 0 Å². The molecule has 4 aromatic rings. The molecule has 44 heavy (non-hydrogen) atoms. The van der Waals surface area contributed by atoms with E-state index < -0.39 is 12.4 Å². The van der Waals surface area contributed by atoms with Gasteiger partial charge in [0.25, 0.3) is 0 Å². The molecule has 228 valence electrons.